The highest BCUT2D eigenvalue weighted by molar-refractivity contribution is 6.13. The molecule has 1 fully saturated rings. The van der Waals surface area contributed by atoms with E-state index in [0.717, 1.165) is 31.8 Å². The quantitative estimate of drug-likeness (QED) is 0.847. The first-order chi connectivity index (χ1) is 10.5. The van der Waals surface area contributed by atoms with Gasteiger partial charge in [-0.2, -0.15) is 0 Å². The van der Waals surface area contributed by atoms with Crippen LogP contribution in [0.1, 0.15) is 29.8 Å². The first kappa shape index (κ1) is 15.1. The molecule has 1 aromatic carbocycles. The first-order valence-corrected chi connectivity index (χ1v) is 7.63. The van der Waals surface area contributed by atoms with Gasteiger partial charge in [-0.15, -0.1) is 0 Å². The molecule has 2 aliphatic rings. The molecule has 0 bridgehead atoms. The van der Waals surface area contributed by atoms with Crippen LogP contribution in [0.2, 0.25) is 0 Å². The number of hydrogen-bond donors (Lipinski definition) is 1. The van der Waals surface area contributed by atoms with Crippen molar-refractivity contribution in [3.63, 3.8) is 0 Å². The SMILES string of the molecule is CC(C)=C1Oc2c(ccc(O)c2CN2CCN(C)CC2)C1=O. The van der Waals surface area contributed by atoms with E-state index in [2.05, 4.69) is 16.8 Å². The zero-order valence-electron chi connectivity index (χ0n) is 13.3. The van der Waals surface area contributed by atoms with E-state index in [9.17, 15) is 9.90 Å². The lowest BCUT2D eigenvalue weighted by Crippen LogP contribution is -2.43. The van der Waals surface area contributed by atoms with Crippen LogP contribution in [0.3, 0.4) is 0 Å². The van der Waals surface area contributed by atoms with E-state index >= 15 is 0 Å². The van der Waals surface area contributed by atoms with Crippen LogP contribution < -0.4 is 4.74 Å². The predicted octanol–water partition coefficient (Wildman–Crippen LogP) is 2.01. The molecule has 5 heteroatoms. The van der Waals surface area contributed by atoms with Gasteiger partial charge in [0.1, 0.15) is 11.5 Å². The zero-order valence-corrected chi connectivity index (χ0v) is 13.3. The van der Waals surface area contributed by atoms with Gasteiger partial charge in [-0.05, 0) is 38.6 Å². The summed E-state index contributed by atoms with van der Waals surface area (Å²) in [5.74, 6) is 1.02. The molecule has 3 rings (SSSR count). The maximum Gasteiger partial charge on any atom is 0.231 e. The highest BCUT2D eigenvalue weighted by Crippen LogP contribution is 2.40. The predicted molar refractivity (Wildman–Crippen MR) is 84.2 cm³/mol. The minimum absolute atomic E-state index is 0.0883. The van der Waals surface area contributed by atoms with Gasteiger partial charge >= 0.3 is 0 Å². The lowest BCUT2D eigenvalue weighted by Gasteiger charge is -2.32. The molecule has 0 amide bonds. The van der Waals surface area contributed by atoms with E-state index in [1.54, 1.807) is 12.1 Å². The summed E-state index contributed by atoms with van der Waals surface area (Å²) >= 11 is 0. The van der Waals surface area contributed by atoms with E-state index < -0.39 is 0 Å². The number of fused-ring (bicyclic) bond motifs is 1. The summed E-state index contributed by atoms with van der Waals surface area (Å²) in [6, 6.07) is 3.25. The van der Waals surface area contributed by atoms with E-state index in [4.69, 9.17) is 4.74 Å². The van der Waals surface area contributed by atoms with Crippen molar-refractivity contribution in [3.05, 3.63) is 34.6 Å². The van der Waals surface area contributed by atoms with Gasteiger partial charge in [-0.25, -0.2) is 0 Å². The van der Waals surface area contributed by atoms with E-state index in [1.165, 1.54) is 0 Å². The molecule has 1 N–H and O–H groups in total. The molecule has 0 aliphatic carbocycles. The summed E-state index contributed by atoms with van der Waals surface area (Å²) in [5.41, 5.74) is 2.12. The number of nitrogens with zero attached hydrogens (tertiary/aromatic N) is 2. The number of phenolic OH excluding ortho intramolecular Hbond substituents is 1. The smallest absolute Gasteiger partial charge is 0.231 e. The fourth-order valence-electron chi connectivity index (χ4n) is 2.90. The third-order valence-electron chi connectivity index (χ3n) is 4.32. The van der Waals surface area contributed by atoms with Crippen molar-refractivity contribution in [2.24, 2.45) is 0 Å². The van der Waals surface area contributed by atoms with Gasteiger partial charge in [0, 0.05) is 32.7 Å². The Morgan fingerprint density at radius 3 is 2.55 bits per heavy atom. The zero-order chi connectivity index (χ0) is 15.9. The molecular formula is C17H22N2O3. The summed E-state index contributed by atoms with van der Waals surface area (Å²) < 4.78 is 5.79. The van der Waals surface area contributed by atoms with Crippen LogP contribution >= 0.6 is 0 Å². The average Bonchev–Trinajstić information content (AvgIpc) is 2.82. The summed E-state index contributed by atoms with van der Waals surface area (Å²) in [6.45, 7) is 8.24. The summed E-state index contributed by atoms with van der Waals surface area (Å²) in [7, 11) is 2.11. The van der Waals surface area contributed by atoms with Gasteiger partial charge in [-0.3, -0.25) is 9.69 Å². The standard InChI is InChI=1S/C17H22N2O3/c1-11(2)16-15(21)12-4-5-14(20)13(17(12)22-16)10-19-8-6-18(3)7-9-19/h4-5,20H,6-10H2,1-3H3. The largest absolute Gasteiger partial charge is 0.507 e. The maximum absolute atomic E-state index is 12.4. The molecule has 0 spiro atoms. The number of allylic oxidation sites excluding steroid dienone is 2. The number of rotatable bonds is 2. The van der Waals surface area contributed by atoms with Crippen LogP contribution in [0.4, 0.5) is 0 Å². The molecule has 0 saturated carbocycles. The van der Waals surface area contributed by atoms with Crippen LogP contribution in [0.15, 0.2) is 23.5 Å². The lowest BCUT2D eigenvalue weighted by atomic mass is 10.0. The number of phenols is 1. The minimum Gasteiger partial charge on any atom is -0.507 e. The molecule has 22 heavy (non-hydrogen) atoms. The molecule has 0 aromatic heterocycles. The number of Topliss-reactive ketones (excluding diaryl/α,β-unsaturated/α-hetero) is 1. The van der Waals surface area contributed by atoms with Crippen LogP contribution in [-0.2, 0) is 6.54 Å². The van der Waals surface area contributed by atoms with Crippen molar-refractivity contribution in [2.75, 3.05) is 33.2 Å². The van der Waals surface area contributed by atoms with Crippen LogP contribution in [0, 0.1) is 0 Å². The number of hydrogen-bond acceptors (Lipinski definition) is 5. The van der Waals surface area contributed by atoms with Crippen molar-refractivity contribution >= 4 is 5.78 Å². The van der Waals surface area contributed by atoms with Crippen molar-refractivity contribution in [1.82, 2.24) is 9.80 Å². The third-order valence-corrected chi connectivity index (χ3v) is 4.32. The highest BCUT2D eigenvalue weighted by Gasteiger charge is 2.32. The number of benzene rings is 1. The fraction of sp³-hybridized carbons (Fsp3) is 0.471. The number of carbonyl (C=O) groups is 1. The topological polar surface area (TPSA) is 53.0 Å². The van der Waals surface area contributed by atoms with Crippen molar-refractivity contribution in [3.8, 4) is 11.5 Å². The second-order valence-corrected chi connectivity index (χ2v) is 6.28. The first-order valence-electron chi connectivity index (χ1n) is 7.63. The number of carbonyl (C=O) groups excluding carboxylic acids is 1. The van der Waals surface area contributed by atoms with Gasteiger partial charge in [0.25, 0.3) is 0 Å². The fourth-order valence-corrected chi connectivity index (χ4v) is 2.90. The molecule has 1 aromatic rings. The normalized spacial score (nSPS) is 19.2. The maximum atomic E-state index is 12.4. The van der Waals surface area contributed by atoms with Gasteiger partial charge in [0.05, 0.1) is 11.1 Å². The summed E-state index contributed by atoms with van der Waals surface area (Å²) in [5, 5.41) is 10.2. The molecular weight excluding hydrogens is 280 g/mol. The Bertz CT molecular complexity index is 640. The van der Waals surface area contributed by atoms with E-state index in [0.29, 0.717) is 29.2 Å². The number of likely N-dealkylation sites (N-methyl/N-ethyl adjacent to an activating group) is 1. The Morgan fingerprint density at radius 2 is 1.91 bits per heavy atom. The molecule has 2 heterocycles. The Balaban J connectivity index is 1.91. The molecule has 5 nitrogen and oxygen atoms in total. The number of ketones is 1. The lowest BCUT2D eigenvalue weighted by molar-refractivity contribution is 0.101. The van der Waals surface area contributed by atoms with E-state index in [-0.39, 0.29) is 11.5 Å². The van der Waals surface area contributed by atoms with E-state index in [1.807, 2.05) is 13.8 Å². The Kier molecular flexibility index (Phi) is 3.93. The number of piperazine rings is 1. The molecule has 2 aliphatic heterocycles. The Morgan fingerprint density at radius 1 is 1.23 bits per heavy atom. The van der Waals surface area contributed by atoms with Crippen molar-refractivity contribution in [1.29, 1.82) is 0 Å². The monoisotopic (exact) mass is 302 g/mol. The van der Waals surface area contributed by atoms with Crippen molar-refractivity contribution in [2.45, 2.75) is 20.4 Å². The number of aromatic hydroxyl groups is 1. The summed E-state index contributed by atoms with van der Waals surface area (Å²) in [6.07, 6.45) is 0. The van der Waals surface area contributed by atoms with Crippen molar-refractivity contribution < 1.29 is 14.6 Å². The Hall–Kier alpha value is -1.85. The molecule has 0 unspecified atom stereocenters. The van der Waals surface area contributed by atoms with Crippen LogP contribution in [0.5, 0.6) is 11.5 Å². The highest BCUT2D eigenvalue weighted by atomic mass is 16.5. The Labute approximate surface area is 130 Å². The second kappa shape index (κ2) is 5.74. The second-order valence-electron chi connectivity index (χ2n) is 6.28. The van der Waals surface area contributed by atoms with Gasteiger partial charge in [0.15, 0.2) is 5.76 Å². The molecule has 118 valence electrons. The van der Waals surface area contributed by atoms with Crippen LogP contribution in [-0.4, -0.2) is 53.9 Å². The molecule has 0 radical (unpaired) electrons. The summed E-state index contributed by atoms with van der Waals surface area (Å²) in [4.78, 5) is 16.9. The average molecular weight is 302 g/mol. The molecule has 1 saturated heterocycles. The van der Waals surface area contributed by atoms with Crippen LogP contribution in [0.25, 0.3) is 0 Å². The van der Waals surface area contributed by atoms with Gasteiger partial charge < -0.3 is 14.7 Å². The van der Waals surface area contributed by atoms with Gasteiger partial charge in [-0.1, -0.05) is 0 Å². The minimum atomic E-state index is -0.0883. The number of ether oxygens (including phenoxy) is 1. The molecule has 0 atom stereocenters. The third kappa shape index (κ3) is 2.62. The van der Waals surface area contributed by atoms with Gasteiger partial charge in [0.2, 0.25) is 5.78 Å².